The number of halogens is 1. The average Bonchev–Trinajstić information content (AvgIpc) is 2.85. The van der Waals surface area contributed by atoms with E-state index < -0.39 is 5.97 Å². The Morgan fingerprint density at radius 1 is 1.48 bits per heavy atom. The van der Waals surface area contributed by atoms with Crippen LogP contribution in [0.5, 0.6) is 0 Å². The topological polar surface area (TPSA) is 83.0 Å². The number of benzene rings is 1. The van der Waals surface area contributed by atoms with E-state index >= 15 is 0 Å². The van der Waals surface area contributed by atoms with Crippen molar-refractivity contribution < 1.29 is 9.53 Å². The summed E-state index contributed by atoms with van der Waals surface area (Å²) in [5.74, 6) is 0.480. The van der Waals surface area contributed by atoms with Gasteiger partial charge in [-0.15, -0.1) is 0 Å². The molecule has 1 aromatic heterocycles. The monoisotopic (exact) mass is 308 g/mol. The standard InChI is InChI=1S/C14H17ClN4O2/c1-9(2)6-19-13(17-8-18-19)7-21-14(20)11-5-10(16)3-4-12(11)15/h3-5,8-9H,6-7,16H2,1-2H3. The van der Waals surface area contributed by atoms with Gasteiger partial charge >= 0.3 is 5.97 Å². The van der Waals surface area contributed by atoms with Gasteiger partial charge in [0.2, 0.25) is 0 Å². The van der Waals surface area contributed by atoms with Crippen LogP contribution in [-0.4, -0.2) is 20.7 Å². The maximum absolute atomic E-state index is 12.0. The van der Waals surface area contributed by atoms with Crippen molar-refractivity contribution in [1.82, 2.24) is 14.8 Å². The van der Waals surface area contributed by atoms with Crippen molar-refractivity contribution in [3.63, 3.8) is 0 Å². The summed E-state index contributed by atoms with van der Waals surface area (Å²) in [7, 11) is 0. The smallest absolute Gasteiger partial charge is 0.340 e. The zero-order valence-electron chi connectivity index (χ0n) is 11.9. The summed E-state index contributed by atoms with van der Waals surface area (Å²) in [6, 6.07) is 4.68. The number of carbonyl (C=O) groups is 1. The molecule has 0 saturated heterocycles. The van der Waals surface area contributed by atoms with E-state index in [2.05, 4.69) is 23.9 Å². The highest BCUT2D eigenvalue weighted by Gasteiger charge is 2.14. The fraction of sp³-hybridized carbons (Fsp3) is 0.357. The van der Waals surface area contributed by atoms with Crippen molar-refractivity contribution in [1.29, 1.82) is 0 Å². The fourth-order valence-corrected chi connectivity index (χ4v) is 2.00. The Hall–Kier alpha value is -2.08. The number of anilines is 1. The van der Waals surface area contributed by atoms with Gasteiger partial charge in [-0.3, -0.25) is 0 Å². The van der Waals surface area contributed by atoms with Crippen molar-refractivity contribution in [2.75, 3.05) is 5.73 Å². The first-order valence-corrected chi connectivity index (χ1v) is 6.94. The first-order chi connectivity index (χ1) is 9.97. The Morgan fingerprint density at radius 3 is 2.95 bits per heavy atom. The molecule has 21 heavy (non-hydrogen) atoms. The summed E-state index contributed by atoms with van der Waals surface area (Å²) in [6.07, 6.45) is 1.44. The largest absolute Gasteiger partial charge is 0.454 e. The summed E-state index contributed by atoms with van der Waals surface area (Å²) in [6.45, 7) is 4.90. The number of rotatable bonds is 5. The lowest BCUT2D eigenvalue weighted by Crippen LogP contribution is -2.13. The van der Waals surface area contributed by atoms with E-state index in [9.17, 15) is 4.79 Å². The second-order valence-corrected chi connectivity index (χ2v) is 5.47. The molecule has 1 heterocycles. The molecule has 0 radical (unpaired) electrons. The molecule has 1 aromatic carbocycles. The maximum atomic E-state index is 12.0. The van der Waals surface area contributed by atoms with E-state index in [4.69, 9.17) is 22.1 Å². The number of aromatic nitrogens is 3. The van der Waals surface area contributed by atoms with Crippen molar-refractivity contribution in [2.45, 2.75) is 27.0 Å². The van der Waals surface area contributed by atoms with E-state index in [0.29, 0.717) is 29.0 Å². The van der Waals surface area contributed by atoms with Crippen LogP contribution in [0.3, 0.4) is 0 Å². The van der Waals surface area contributed by atoms with Gasteiger partial charge in [0.25, 0.3) is 0 Å². The highest BCUT2D eigenvalue weighted by Crippen LogP contribution is 2.20. The third-order valence-electron chi connectivity index (χ3n) is 2.78. The molecule has 0 aliphatic carbocycles. The zero-order valence-corrected chi connectivity index (χ0v) is 12.7. The predicted octanol–water partition coefficient (Wildman–Crippen LogP) is 2.53. The molecule has 0 atom stereocenters. The molecular weight excluding hydrogens is 292 g/mol. The Balaban J connectivity index is 2.04. The molecule has 2 aromatic rings. The zero-order chi connectivity index (χ0) is 15.4. The number of esters is 1. The molecule has 0 fully saturated rings. The number of nitrogens with two attached hydrogens (primary N) is 1. The molecule has 0 bridgehead atoms. The quantitative estimate of drug-likeness (QED) is 0.678. The van der Waals surface area contributed by atoms with E-state index in [0.717, 1.165) is 0 Å². The van der Waals surface area contributed by atoms with Crippen molar-refractivity contribution >= 4 is 23.3 Å². The molecule has 2 rings (SSSR count). The lowest BCUT2D eigenvalue weighted by atomic mass is 10.2. The number of hydrogen-bond acceptors (Lipinski definition) is 5. The third-order valence-corrected chi connectivity index (χ3v) is 3.11. The summed E-state index contributed by atoms with van der Waals surface area (Å²) in [5.41, 5.74) is 6.34. The molecule has 0 spiro atoms. The van der Waals surface area contributed by atoms with Gasteiger partial charge in [-0.2, -0.15) is 5.10 Å². The molecule has 7 heteroatoms. The van der Waals surface area contributed by atoms with Crippen LogP contribution >= 0.6 is 11.6 Å². The first kappa shape index (κ1) is 15.3. The van der Waals surface area contributed by atoms with Crippen LogP contribution in [0, 0.1) is 5.92 Å². The van der Waals surface area contributed by atoms with Crippen molar-refractivity contribution in [2.24, 2.45) is 5.92 Å². The third kappa shape index (κ3) is 3.95. The molecule has 6 nitrogen and oxygen atoms in total. The van der Waals surface area contributed by atoms with Crippen LogP contribution in [0.1, 0.15) is 30.0 Å². The van der Waals surface area contributed by atoms with Crippen LogP contribution in [0.2, 0.25) is 5.02 Å². The molecule has 0 saturated carbocycles. The molecule has 0 aliphatic heterocycles. The minimum Gasteiger partial charge on any atom is -0.454 e. The van der Waals surface area contributed by atoms with Crippen LogP contribution in [0.15, 0.2) is 24.5 Å². The van der Waals surface area contributed by atoms with Gasteiger partial charge in [-0.1, -0.05) is 25.4 Å². The van der Waals surface area contributed by atoms with Crippen LogP contribution in [-0.2, 0) is 17.9 Å². The van der Waals surface area contributed by atoms with E-state index in [-0.39, 0.29) is 12.2 Å². The van der Waals surface area contributed by atoms with Gasteiger partial charge in [0, 0.05) is 12.2 Å². The van der Waals surface area contributed by atoms with Gasteiger partial charge in [0.05, 0.1) is 10.6 Å². The van der Waals surface area contributed by atoms with E-state index in [1.54, 1.807) is 16.8 Å². The van der Waals surface area contributed by atoms with E-state index in [1.807, 2.05) is 0 Å². The molecule has 0 amide bonds. The summed E-state index contributed by atoms with van der Waals surface area (Å²) in [4.78, 5) is 16.1. The lowest BCUT2D eigenvalue weighted by molar-refractivity contribution is 0.0456. The van der Waals surface area contributed by atoms with Crippen LogP contribution in [0.25, 0.3) is 0 Å². The fourth-order valence-electron chi connectivity index (χ4n) is 1.81. The van der Waals surface area contributed by atoms with Gasteiger partial charge in [-0.05, 0) is 24.1 Å². The molecule has 2 N–H and O–H groups in total. The highest BCUT2D eigenvalue weighted by atomic mass is 35.5. The van der Waals surface area contributed by atoms with Crippen LogP contribution in [0.4, 0.5) is 5.69 Å². The number of carbonyl (C=O) groups excluding carboxylic acids is 1. The second kappa shape index (κ2) is 6.58. The second-order valence-electron chi connectivity index (χ2n) is 5.07. The number of nitrogens with zero attached hydrogens (tertiary/aromatic N) is 3. The maximum Gasteiger partial charge on any atom is 0.340 e. The Kier molecular flexibility index (Phi) is 4.80. The summed E-state index contributed by atoms with van der Waals surface area (Å²) < 4.78 is 6.95. The number of ether oxygens (including phenoxy) is 1. The van der Waals surface area contributed by atoms with E-state index in [1.165, 1.54) is 12.4 Å². The summed E-state index contributed by atoms with van der Waals surface area (Å²) in [5, 5.41) is 4.41. The minimum absolute atomic E-state index is 0.0384. The lowest BCUT2D eigenvalue weighted by Gasteiger charge is -2.09. The predicted molar refractivity (Wildman–Crippen MR) is 79.8 cm³/mol. The SMILES string of the molecule is CC(C)Cn1ncnc1COC(=O)c1cc(N)ccc1Cl. The number of nitrogen functional groups attached to an aromatic ring is 1. The van der Waals surface area contributed by atoms with Crippen LogP contribution < -0.4 is 5.73 Å². The Bertz CT molecular complexity index is 640. The number of hydrogen-bond donors (Lipinski definition) is 1. The normalized spacial score (nSPS) is 10.9. The van der Waals surface area contributed by atoms with Gasteiger partial charge in [0.1, 0.15) is 6.33 Å². The van der Waals surface area contributed by atoms with Crippen molar-refractivity contribution in [3.05, 3.63) is 40.9 Å². The summed E-state index contributed by atoms with van der Waals surface area (Å²) >= 11 is 5.96. The Morgan fingerprint density at radius 2 is 2.24 bits per heavy atom. The molecule has 112 valence electrons. The average molecular weight is 309 g/mol. The molecule has 0 unspecified atom stereocenters. The molecule has 0 aliphatic rings. The van der Waals surface area contributed by atoms with Gasteiger partial charge < -0.3 is 10.5 Å². The highest BCUT2D eigenvalue weighted by molar-refractivity contribution is 6.33. The first-order valence-electron chi connectivity index (χ1n) is 6.56. The Labute approximate surface area is 127 Å². The van der Waals surface area contributed by atoms with Crippen molar-refractivity contribution in [3.8, 4) is 0 Å². The van der Waals surface area contributed by atoms with Gasteiger partial charge in [-0.25, -0.2) is 14.5 Å². The molecular formula is C14H17ClN4O2. The van der Waals surface area contributed by atoms with Gasteiger partial charge in [0.15, 0.2) is 12.4 Å². The minimum atomic E-state index is -0.536.